The Hall–Kier alpha value is -2.68. The lowest BCUT2D eigenvalue weighted by atomic mass is 10.1. The van der Waals surface area contributed by atoms with Crippen LogP contribution in [0.5, 0.6) is 5.88 Å². The van der Waals surface area contributed by atoms with Crippen molar-refractivity contribution < 1.29 is 22.7 Å². The van der Waals surface area contributed by atoms with E-state index in [9.17, 15) is 18.0 Å². The van der Waals surface area contributed by atoms with Gasteiger partial charge in [-0.25, -0.2) is 0 Å². The second kappa shape index (κ2) is 8.61. The van der Waals surface area contributed by atoms with Crippen molar-refractivity contribution in [2.75, 3.05) is 27.2 Å². The lowest BCUT2D eigenvalue weighted by Gasteiger charge is -2.25. The molecule has 1 amide bonds. The molecule has 0 aliphatic heterocycles. The molecule has 140 valence electrons. The quantitative estimate of drug-likeness (QED) is 0.813. The zero-order valence-corrected chi connectivity index (χ0v) is 14.3. The van der Waals surface area contributed by atoms with E-state index in [-0.39, 0.29) is 17.6 Å². The molecular formula is C17H19F3N4O2. The summed E-state index contributed by atoms with van der Waals surface area (Å²) in [5, 5.41) is 9.84. The van der Waals surface area contributed by atoms with Crippen LogP contribution < -0.4 is 10.1 Å². The summed E-state index contributed by atoms with van der Waals surface area (Å²) in [6.07, 6.45) is -4.46. The zero-order chi connectivity index (χ0) is 19.2. The van der Waals surface area contributed by atoms with Crippen molar-refractivity contribution >= 4 is 5.91 Å². The Morgan fingerprint density at radius 2 is 1.85 bits per heavy atom. The molecule has 0 spiro atoms. The molecule has 9 heteroatoms. The topological polar surface area (TPSA) is 67.4 Å². The molecule has 0 aliphatic carbocycles. The fourth-order valence-corrected chi connectivity index (χ4v) is 2.23. The van der Waals surface area contributed by atoms with Gasteiger partial charge in [0.15, 0.2) is 12.3 Å². The molecule has 0 radical (unpaired) electrons. The summed E-state index contributed by atoms with van der Waals surface area (Å²) in [6, 6.07) is 12.1. The monoisotopic (exact) mass is 368 g/mol. The minimum absolute atomic E-state index is 0.00470. The number of carbonyl (C=O) groups excluding carboxylic acids is 1. The van der Waals surface area contributed by atoms with Crippen molar-refractivity contribution in [3.8, 4) is 5.88 Å². The van der Waals surface area contributed by atoms with Gasteiger partial charge in [-0.2, -0.15) is 13.2 Å². The van der Waals surface area contributed by atoms with Crippen molar-refractivity contribution in [1.29, 1.82) is 0 Å². The summed E-state index contributed by atoms with van der Waals surface area (Å²) < 4.78 is 40.7. The highest BCUT2D eigenvalue weighted by atomic mass is 19.4. The number of hydrogen-bond donors (Lipinski definition) is 1. The zero-order valence-electron chi connectivity index (χ0n) is 14.3. The second-order valence-corrected chi connectivity index (χ2v) is 5.76. The molecule has 0 saturated heterocycles. The van der Waals surface area contributed by atoms with Crippen LogP contribution in [-0.4, -0.2) is 54.4 Å². The number of benzene rings is 1. The van der Waals surface area contributed by atoms with E-state index in [1.54, 1.807) is 0 Å². The largest absolute Gasteiger partial charge is 0.467 e. The van der Waals surface area contributed by atoms with E-state index in [1.807, 2.05) is 49.3 Å². The molecule has 1 N–H and O–H groups in total. The van der Waals surface area contributed by atoms with Gasteiger partial charge in [-0.1, -0.05) is 30.3 Å². The third-order valence-corrected chi connectivity index (χ3v) is 3.52. The van der Waals surface area contributed by atoms with Gasteiger partial charge in [-0.3, -0.25) is 4.79 Å². The fourth-order valence-electron chi connectivity index (χ4n) is 2.23. The van der Waals surface area contributed by atoms with Gasteiger partial charge in [0.05, 0.1) is 6.04 Å². The molecule has 2 aromatic rings. The van der Waals surface area contributed by atoms with Crippen LogP contribution in [0.2, 0.25) is 0 Å². The number of likely N-dealkylation sites (N-methyl/N-ethyl adjacent to an activating group) is 1. The average Bonchev–Trinajstić information content (AvgIpc) is 2.60. The van der Waals surface area contributed by atoms with E-state index in [4.69, 9.17) is 0 Å². The Morgan fingerprint density at radius 3 is 2.38 bits per heavy atom. The maximum atomic E-state index is 12.2. The molecule has 26 heavy (non-hydrogen) atoms. The number of rotatable bonds is 7. The summed E-state index contributed by atoms with van der Waals surface area (Å²) >= 11 is 0. The molecule has 0 fully saturated rings. The first-order valence-electron chi connectivity index (χ1n) is 7.79. The molecule has 0 saturated carbocycles. The van der Waals surface area contributed by atoms with E-state index in [0.29, 0.717) is 6.54 Å². The van der Waals surface area contributed by atoms with Gasteiger partial charge in [0, 0.05) is 12.6 Å². The van der Waals surface area contributed by atoms with Gasteiger partial charge in [0.2, 0.25) is 5.88 Å². The first-order chi connectivity index (χ1) is 12.3. The second-order valence-electron chi connectivity index (χ2n) is 5.76. The third kappa shape index (κ3) is 5.99. The summed E-state index contributed by atoms with van der Waals surface area (Å²) in [5.41, 5.74) is 1.04. The SMILES string of the molecule is CN(C)C(CNC(=O)c1ccc(OCC(F)(F)F)nn1)c1ccccc1. The number of carbonyl (C=O) groups is 1. The summed E-state index contributed by atoms with van der Waals surface area (Å²) in [5.74, 6) is -0.767. The lowest BCUT2D eigenvalue weighted by Crippen LogP contribution is -2.35. The van der Waals surface area contributed by atoms with Gasteiger partial charge < -0.3 is 15.0 Å². The Morgan fingerprint density at radius 1 is 1.15 bits per heavy atom. The molecule has 2 rings (SSSR count). The molecule has 1 atom stereocenters. The number of amides is 1. The normalized spacial score (nSPS) is 12.7. The molecule has 1 unspecified atom stereocenters. The van der Waals surface area contributed by atoms with Gasteiger partial charge >= 0.3 is 6.18 Å². The molecule has 0 aliphatic rings. The molecular weight excluding hydrogens is 349 g/mol. The van der Waals surface area contributed by atoms with Crippen LogP contribution in [0, 0.1) is 0 Å². The molecule has 1 aromatic heterocycles. The third-order valence-electron chi connectivity index (χ3n) is 3.52. The van der Waals surface area contributed by atoms with Crippen LogP contribution in [0.25, 0.3) is 0 Å². The van der Waals surface area contributed by atoms with Crippen LogP contribution in [0.4, 0.5) is 13.2 Å². The van der Waals surface area contributed by atoms with Crippen molar-refractivity contribution in [3.05, 3.63) is 53.7 Å². The summed E-state index contributed by atoms with van der Waals surface area (Å²) in [7, 11) is 3.80. The highest BCUT2D eigenvalue weighted by Gasteiger charge is 2.28. The summed E-state index contributed by atoms with van der Waals surface area (Å²) in [4.78, 5) is 14.1. The van der Waals surface area contributed by atoms with Crippen LogP contribution in [0.3, 0.4) is 0 Å². The average molecular weight is 368 g/mol. The highest BCUT2D eigenvalue weighted by molar-refractivity contribution is 5.92. The van der Waals surface area contributed by atoms with E-state index in [2.05, 4.69) is 20.3 Å². The molecule has 0 bridgehead atoms. The summed E-state index contributed by atoms with van der Waals surface area (Å²) in [6.45, 7) is -1.13. The highest BCUT2D eigenvalue weighted by Crippen LogP contribution is 2.18. The van der Waals surface area contributed by atoms with Gasteiger partial charge in [-0.15, -0.1) is 10.2 Å². The smallest absolute Gasteiger partial charge is 0.422 e. The van der Waals surface area contributed by atoms with Crippen LogP contribution >= 0.6 is 0 Å². The standard InChI is InChI=1S/C17H19F3N4O2/c1-24(2)14(12-6-4-3-5-7-12)10-21-16(25)13-8-9-15(23-22-13)26-11-17(18,19)20/h3-9,14H,10-11H2,1-2H3,(H,21,25). The minimum atomic E-state index is -4.46. The van der Waals surface area contributed by atoms with Crippen molar-refractivity contribution in [1.82, 2.24) is 20.4 Å². The Kier molecular flexibility index (Phi) is 6.51. The van der Waals surface area contributed by atoms with Gasteiger partial charge in [0.1, 0.15) is 0 Å². The van der Waals surface area contributed by atoms with E-state index in [0.717, 1.165) is 5.56 Å². The predicted octanol–water partition coefficient (Wildman–Crippen LogP) is 2.45. The maximum absolute atomic E-state index is 12.2. The minimum Gasteiger partial charge on any atom is -0.467 e. The maximum Gasteiger partial charge on any atom is 0.422 e. The first kappa shape index (κ1) is 19.6. The number of nitrogens with zero attached hydrogens (tertiary/aromatic N) is 3. The predicted molar refractivity (Wildman–Crippen MR) is 88.8 cm³/mol. The molecule has 1 aromatic carbocycles. The number of nitrogens with one attached hydrogen (secondary N) is 1. The van der Waals surface area contributed by atoms with E-state index in [1.165, 1.54) is 12.1 Å². The number of halogens is 3. The Balaban J connectivity index is 1.94. The van der Waals surface area contributed by atoms with Gasteiger partial charge in [-0.05, 0) is 25.7 Å². The molecule has 6 nitrogen and oxygen atoms in total. The number of ether oxygens (including phenoxy) is 1. The fraction of sp³-hybridized carbons (Fsp3) is 0.353. The van der Waals surface area contributed by atoms with Crippen molar-refractivity contribution in [2.45, 2.75) is 12.2 Å². The van der Waals surface area contributed by atoms with Gasteiger partial charge in [0.25, 0.3) is 5.91 Å². The van der Waals surface area contributed by atoms with Crippen LogP contribution in [0.15, 0.2) is 42.5 Å². The van der Waals surface area contributed by atoms with E-state index >= 15 is 0 Å². The number of aromatic nitrogens is 2. The number of hydrogen-bond acceptors (Lipinski definition) is 5. The Labute approximate surface area is 149 Å². The van der Waals surface area contributed by atoms with Crippen molar-refractivity contribution in [2.24, 2.45) is 0 Å². The molecule has 1 heterocycles. The first-order valence-corrected chi connectivity index (χ1v) is 7.79. The number of alkyl halides is 3. The van der Waals surface area contributed by atoms with Crippen LogP contribution in [-0.2, 0) is 0 Å². The lowest BCUT2D eigenvalue weighted by molar-refractivity contribution is -0.154. The van der Waals surface area contributed by atoms with Crippen molar-refractivity contribution in [3.63, 3.8) is 0 Å². The Bertz CT molecular complexity index is 706. The van der Waals surface area contributed by atoms with Crippen LogP contribution in [0.1, 0.15) is 22.1 Å². The van der Waals surface area contributed by atoms with E-state index < -0.39 is 18.7 Å².